The highest BCUT2D eigenvalue weighted by Gasteiger charge is 2.15. The SMILES string of the molecule is N#Cc1cnn(-c2ccccc2)c1-c1ccc([N+](=O)[O-])cc1. The molecule has 0 aliphatic heterocycles. The molecule has 2 aromatic carbocycles. The maximum atomic E-state index is 10.7. The minimum atomic E-state index is -0.455. The topological polar surface area (TPSA) is 84.8 Å². The third kappa shape index (κ3) is 2.31. The van der Waals surface area contributed by atoms with Gasteiger partial charge in [-0.05, 0) is 24.3 Å². The largest absolute Gasteiger partial charge is 0.269 e. The van der Waals surface area contributed by atoms with Gasteiger partial charge in [-0.25, -0.2) is 4.68 Å². The monoisotopic (exact) mass is 290 g/mol. The van der Waals surface area contributed by atoms with Gasteiger partial charge in [-0.1, -0.05) is 18.2 Å². The summed E-state index contributed by atoms with van der Waals surface area (Å²) in [5.74, 6) is 0. The molecule has 3 aromatic rings. The molecule has 0 bridgehead atoms. The molecule has 0 N–H and O–H groups in total. The fourth-order valence-electron chi connectivity index (χ4n) is 2.21. The lowest BCUT2D eigenvalue weighted by atomic mass is 10.1. The minimum absolute atomic E-state index is 0.00744. The number of benzene rings is 2. The first-order valence-electron chi connectivity index (χ1n) is 6.49. The van der Waals surface area contributed by atoms with E-state index in [1.165, 1.54) is 18.3 Å². The van der Waals surface area contributed by atoms with Gasteiger partial charge in [0, 0.05) is 17.7 Å². The Morgan fingerprint density at radius 1 is 1.09 bits per heavy atom. The Hall–Kier alpha value is -3.46. The zero-order valence-corrected chi connectivity index (χ0v) is 11.4. The summed E-state index contributed by atoms with van der Waals surface area (Å²) in [6, 6.07) is 17.6. The summed E-state index contributed by atoms with van der Waals surface area (Å²) < 4.78 is 1.65. The number of nitro groups is 1. The van der Waals surface area contributed by atoms with Gasteiger partial charge in [-0.15, -0.1) is 0 Å². The second-order valence-electron chi connectivity index (χ2n) is 4.57. The lowest BCUT2D eigenvalue weighted by Crippen LogP contribution is -1.99. The van der Waals surface area contributed by atoms with Crippen LogP contribution in [0.3, 0.4) is 0 Å². The predicted octanol–water partition coefficient (Wildman–Crippen LogP) is 3.32. The summed E-state index contributed by atoms with van der Waals surface area (Å²) in [6.07, 6.45) is 1.49. The van der Waals surface area contributed by atoms with Gasteiger partial charge in [-0.3, -0.25) is 10.1 Å². The Morgan fingerprint density at radius 3 is 2.36 bits per heavy atom. The summed E-state index contributed by atoms with van der Waals surface area (Å²) in [6.45, 7) is 0. The number of nitro benzene ring substituents is 1. The van der Waals surface area contributed by atoms with E-state index in [2.05, 4.69) is 11.2 Å². The molecule has 0 fully saturated rings. The number of nitriles is 1. The fraction of sp³-hybridized carbons (Fsp3) is 0. The molecule has 0 unspecified atom stereocenters. The zero-order chi connectivity index (χ0) is 15.5. The molecular weight excluding hydrogens is 280 g/mol. The van der Waals surface area contributed by atoms with Crippen molar-refractivity contribution in [2.45, 2.75) is 0 Å². The Bertz CT molecular complexity index is 861. The lowest BCUT2D eigenvalue weighted by molar-refractivity contribution is -0.384. The minimum Gasteiger partial charge on any atom is -0.258 e. The van der Waals surface area contributed by atoms with Crippen molar-refractivity contribution in [3.05, 3.63) is 76.5 Å². The van der Waals surface area contributed by atoms with Gasteiger partial charge < -0.3 is 0 Å². The van der Waals surface area contributed by atoms with E-state index in [1.54, 1.807) is 16.8 Å². The number of aromatic nitrogens is 2. The first-order valence-corrected chi connectivity index (χ1v) is 6.49. The van der Waals surface area contributed by atoms with Crippen LogP contribution in [0.1, 0.15) is 5.56 Å². The number of non-ortho nitro benzene ring substituents is 1. The first kappa shape index (κ1) is 13.5. The van der Waals surface area contributed by atoms with Crippen molar-refractivity contribution in [3.63, 3.8) is 0 Å². The Kier molecular flexibility index (Phi) is 3.38. The van der Waals surface area contributed by atoms with Crippen molar-refractivity contribution >= 4 is 5.69 Å². The average Bonchev–Trinajstić information content (AvgIpc) is 2.99. The summed E-state index contributed by atoms with van der Waals surface area (Å²) in [7, 11) is 0. The Balaban J connectivity index is 2.16. The van der Waals surface area contributed by atoms with Crippen molar-refractivity contribution in [2.75, 3.05) is 0 Å². The van der Waals surface area contributed by atoms with Crippen LogP contribution in [0.25, 0.3) is 16.9 Å². The third-order valence-corrected chi connectivity index (χ3v) is 3.24. The van der Waals surface area contributed by atoms with Crippen LogP contribution < -0.4 is 0 Å². The number of rotatable bonds is 3. The molecule has 0 spiro atoms. The van der Waals surface area contributed by atoms with Crippen LogP contribution in [0.5, 0.6) is 0 Å². The smallest absolute Gasteiger partial charge is 0.258 e. The van der Waals surface area contributed by atoms with Crippen molar-refractivity contribution in [2.24, 2.45) is 0 Å². The normalized spacial score (nSPS) is 10.1. The highest BCUT2D eigenvalue weighted by Crippen LogP contribution is 2.27. The molecule has 0 saturated heterocycles. The molecule has 1 aromatic heterocycles. The molecule has 0 saturated carbocycles. The van der Waals surface area contributed by atoms with Crippen LogP contribution in [-0.2, 0) is 0 Å². The Labute approximate surface area is 126 Å². The maximum absolute atomic E-state index is 10.7. The van der Waals surface area contributed by atoms with E-state index in [0.29, 0.717) is 16.8 Å². The van der Waals surface area contributed by atoms with E-state index in [0.717, 1.165) is 5.69 Å². The van der Waals surface area contributed by atoms with E-state index in [9.17, 15) is 15.4 Å². The molecule has 106 valence electrons. The van der Waals surface area contributed by atoms with Crippen LogP contribution >= 0.6 is 0 Å². The number of nitrogens with zero attached hydrogens (tertiary/aromatic N) is 4. The molecule has 22 heavy (non-hydrogen) atoms. The second kappa shape index (κ2) is 5.50. The maximum Gasteiger partial charge on any atom is 0.269 e. The fourth-order valence-corrected chi connectivity index (χ4v) is 2.21. The first-order chi connectivity index (χ1) is 10.7. The van der Waals surface area contributed by atoms with Crippen molar-refractivity contribution in [3.8, 4) is 23.0 Å². The molecule has 1 heterocycles. The van der Waals surface area contributed by atoms with Gasteiger partial charge in [0.15, 0.2) is 0 Å². The zero-order valence-electron chi connectivity index (χ0n) is 11.4. The molecule has 3 rings (SSSR count). The van der Waals surface area contributed by atoms with Gasteiger partial charge in [0.2, 0.25) is 0 Å². The number of hydrogen-bond acceptors (Lipinski definition) is 4. The second-order valence-corrected chi connectivity index (χ2v) is 4.57. The van der Waals surface area contributed by atoms with Crippen molar-refractivity contribution < 1.29 is 4.92 Å². The van der Waals surface area contributed by atoms with Crippen LogP contribution in [0.2, 0.25) is 0 Å². The van der Waals surface area contributed by atoms with Crippen molar-refractivity contribution in [1.82, 2.24) is 9.78 Å². The molecule has 0 aliphatic rings. The van der Waals surface area contributed by atoms with Gasteiger partial charge in [0.25, 0.3) is 5.69 Å². The average molecular weight is 290 g/mol. The third-order valence-electron chi connectivity index (χ3n) is 3.24. The quantitative estimate of drug-likeness (QED) is 0.547. The van der Waals surface area contributed by atoms with Gasteiger partial charge >= 0.3 is 0 Å². The van der Waals surface area contributed by atoms with Crippen LogP contribution in [0, 0.1) is 21.4 Å². The van der Waals surface area contributed by atoms with E-state index in [4.69, 9.17) is 0 Å². The van der Waals surface area contributed by atoms with Gasteiger partial charge in [0.05, 0.1) is 28.1 Å². The highest BCUT2D eigenvalue weighted by atomic mass is 16.6. The van der Waals surface area contributed by atoms with E-state index in [1.807, 2.05) is 30.3 Å². The van der Waals surface area contributed by atoms with Crippen LogP contribution in [0.4, 0.5) is 5.69 Å². The Morgan fingerprint density at radius 2 is 1.77 bits per heavy atom. The van der Waals surface area contributed by atoms with Crippen LogP contribution in [0.15, 0.2) is 60.8 Å². The molecule has 0 radical (unpaired) electrons. The van der Waals surface area contributed by atoms with Gasteiger partial charge in [0.1, 0.15) is 6.07 Å². The summed E-state index contributed by atoms with van der Waals surface area (Å²) in [4.78, 5) is 10.3. The molecule has 0 atom stereocenters. The standard InChI is InChI=1S/C16H10N4O2/c17-10-13-11-18-19(14-4-2-1-3-5-14)16(13)12-6-8-15(9-7-12)20(21)22/h1-9,11H. The van der Waals surface area contributed by atoms with Crippen LogP contribution in [-0.4, -0.2) is 14.7 Å². The number of hydrogen-bond donors (Lipinski definition) is 0. The van der Waals surface area contributed by atoms with Gasteiger partial charge in [-0.2, -0.15) is 10.4 Å². The van der Waals surface area contributed by atoms with E-state index in [-0.39, 0.29) is 5.69 Å². The summed E-state index contributed by atoms with van der Waals surface area (Å²) in [5.41, 5.74) is 2.55. The van der Waals surface area contributed by atoms with Crippen molar-refractivity contribution in [1.29, 1.82) is 5.26 Å². The van der Waals surface area contributed by atoms with E-state index >= 15 is 0 Å². The predicted molar refractivity (Wildman–Crippen MR) is 80.4 cm³/mol. The number of para-hydroxylation sites is 1. The molecule has 6 heteroatoms. The molecule has 6 nitrogen and oxygen atoms in total. The molecular formula is C16H10N4O2. The molecule has 0 amide bonds. The summed E-state index contributed by atoms with van der Waals surface area (Å²) >= 11 is 0. The van der Waals surface area contributed by atoms with E-state index < -0.39 is 4.92 Å². The summed E-state index contributed by atoms with van der Waals surface area (Å²) in [5, 5.41) is 24.3. The molecule has 0 aliphatic carbocycles. The lowest BCUT2D eigenvalue weighted by Gasteiger charge is -2.08. The highest BCUT2D eigenvalue weighted by molar-refractivity contribution is 5.69.